The molecule has 0 atom stereocenters. The molecule has 1 aliphatic rings. The Bertz CT molecular complexity index is 1020. The third-order valence-electron chi connectivity index (χ3n) is 4.47. The summed E-state index contributed by atoms with van der Waals surface area (Å²) in [5, 5.41) is 14.8. The fourth-order valence-electron chi connectivity index (χ4n) is 3.05. The highest BCUT2D eigenvalue weighted by Gasteiger charge is 2.27. The standard InChI is InChI=1S/C21H21BN2O5/c1-2-7-29-18-6-3-12(8-16(18)21(27)28)10-23-11-17-15-9-13(22)4-5-14(15)19(25)24-20(17)26/h3-6,8-9,11,23H,2,7,10,22H2,1H3,(H,27,28)(H,24,25,26)/b17-11-. The molecule has 0 fully saturated rings. The van der Waals surface area contributed by atoms with Crippen molar-refractivity contribution in [3.05, 3.63) is 64.9 Å². The molecule has 2 aromatic rings. The summed E-state index contributed by atoms with van der Waals surface area (Å²) in [5.41, 5.74) is 3.11. The van der Waals surface area contributed by atoms with Gasteiger partial charge < -0.3 is 15.2 Å². The molecule has 0 aliphatic carbocycles. The number of imide groups is 1. The molecule has 29 heavy (non-hydrogen) atoms. The normalized spacial score (nSPS) is 14.3. The molecule has 2 aromatic carbocycles. The van der Waals surface area contributed by atoms with Crippen molar-refractivity contribution in [1.82, 2.24) is 10.6 Å². The van der Waals surface area contributed by atoms with E-state index < -0.39 is 17.8 Å². The van der Waals surface area contributed by atoms with Crippen LogP contribution in [-0.2, 0) is 11.3 Å². The topological polar surface area (TPSA) is 105 Å². The van der Waals surface area contributed by atoms with E-state index in [1.165, 1.54) is 0 Å². The summed E-state index contributed by atoms with van der Waals surface area (Å²) in [7, 11) is 1.89. The molecule has 2 amide bonds. The maximum Gasteiger partial charge on any atom is 0.339 e. The number of carboxylic acids is 1. The van der Waals surface area contributed by atoms with Crippen LogP contribution in [0.25, 0.3) is 5.57 Å². The molecule has 0 bridgehead atoms. The van der Waals surface area contributed by atoms with E-state index in [1.807, 2.05) is 20.8 Å². The molecule has 8 heteroatoms. The number of carbonyl (C=O) groups is 3. The maximum atomic E-state index is 12.3. The van der Waals surface area contributed by atoms with Crippen LogP contribution >= 0.6 is 0 Å². The summed E-state index contributed by atoms with van der Waals surface area (Å²) in [4.78, 5) is 35.8. The molecule has 3 rings (SSSR count). The van der Waals surface area contributed by atoms with Gasteiger partial charge in [-0.05, 0) is 30.2 Å². The van der Waals surface area contributed by atoms with E-state index in [2.05, 4.69) is 10.6 Å². The Balaban J connectivity index is 1.81. The second-order valence-corrected chi connectivity index (χ2v) is 6.76. The third kappa shape index (κ3) is 4.48. The Morgan fingerprint density at radius 3 is 2.69 bits per heavy atom. The van der Waals surface area contributed by atoms with Gasteiger partial charge in [0.05, 0.1) is 12.2 Å². The first-order valence-electron chi connectivity index (χ1n) is 9.30. The summed E-state index contributed by atoms with van der Waals surface area (Å²) >= 11 is 0. The average molecular weight is 392 g/mol. The number of hydrogen-bond donors (Lipinski definition) is 3. The summed E-state index contributed by atoms with van der Waals surface area (Å²) in [6.07, 6.45) is 2.32. The summed E-state index contributed by atoms with van der Waals surface area (Å²) in [6, 6.07) is 10.2. The number of hydrogen-bond acceptors (Lipinski definition) is 5. The third-order valence-corrected chi connectivity index (χ3v) is 4.47. The lowest BCUT2D eigenvalue weighted by molar-refractivity contribution is -0.114. The summed E-state index contributed by atoms with van der Waals surface area (Å²) in [5.74, 6) is -1.63. The van der Waals surface area contributed by atoms with Crippen LogP contribution in [0.2, 0.25) is 0 Å². The second kappa shape index (κ2) is 8.64. The van der Waals surface area contributed by atoms with E-state index >= 15 is 0 Å². The summed E-state index contributed by atoms with van der Waals surface area (Å²) in [6.45, 7) is 2.69. The molecule has 0 radical (unpaired) electrons. The van der Waals surface area contributed by atoms with E-state index in [1.54, 1.807) is 36.5 Å². The number of rotatable bonds is 7. The zero-order valence-electron chi connectivity index (χ0n) is 16.2. The van der Waals surface area contributed by atoms with Crippen molar-refractivity contribution in [3.8, 4) is 5.75 Å². The number of nitrogens with one attached hydrogen (secondary N) is 2. The van der Waals surface area contributed by atoms with Gasteiger partial charge in [-0.3, -0.25) is 14.9 Å². The molecule has 1 heterocycles. The lowest BCUT2D eigenvalue weighted by Gasteiger charge is -2.19. The van der Waals surface area contributed by atoms with Crippen LogP contribution in [-0.4, -0.2) is 37.3 Å². The van der Waals surface area contributed by atoms with Crippen LogP contribution in [0.15, 0.2) is 42.6 Å². The van der Waals surface area contributed by atoms with Crippen LogP contribution in [0.3, 0.4) is 0 Å². The first-order chi connectivity index (χ1) is 13.9. The van der Waals surface area contributed by atoms with Gasteiger partial charge in [0.1, 0.15) is 19.2 Å². The number of carboxylic acid groups (broad SMARTS) is 1. The van der Waals surface area contributed by atoms with Crippen molar-refractivity contribution >= 4 is 36.7 Å². The molecule has 0 unspecified atom stereocenters. The largest absolute Gasteiger partial charge is 0.493 e. The molecular formula is C21H21BN2O5. The number of ether oxygens (including phenoxy) is 1. The lowest BCUT2D eigenvalue weighted by atomic mass is 9.87. The van der Waals surface area contributed by atoms with Gasteiger partial charge in [0.25, 0.3) is 11.8 Å². The van der Waals surface area contributed by atoms with Crippen molar-refractivity contribution in [2.45, 2.75) is 19.9 Å². The molecule has 0 saturated heterocycles. The van der Waals surface area contributed by atoms with Crippen molar-refractivity contribution in [2.24, 2.45) is 0 Å². The SMILES string of the molecule is Bc1ccc2c(c1)/C(=C/NCc1ccc(OCCC)c(C(=O)O)c1)C(=O)NC2=O. The van der Waals surface area contributed by atoms with Gasteiger partial charge in [-0.15, -0.1) is 0 Å². The Kier molecular flexibility index (Phi) is 6.02. The zero-order chi connectivity index (χ0) is 21.0. The van der Waals surface area contributed by atoms with Gasteiger partial charge in [-0.1, -0.05) is 30.6 Å². The minimum absolute atomic E-state index is 0.0902. The number of benzene rings is 2. The predicted octanol–water partition coefficient (Wildman–Crippen LogP) is 0.833. The Hall–Kier alpha value is -3.55. The van der Waals surface area contributed by atoms with E-state index in [4.69, 9.17) is 4.74 Å². The van der Waals surface area contributed by atoms with Crippen molar-refractivity contribution in [3.63, 3.8) is 0 Å². The molecule has 0 spiro atoms. The van der Waals surface area contributed by atoms with Crippen LogP contribution in [0, 0.1) is 0 Å². The molecule has 148 valence electrons. The Morgan fingerprint density at radius 1 is 1.17 bits per heavy atom. The second-order valence-electron chi connectivity index (χ2n) is 6.76. The van der Waals surface area contributed by atoms with Crippen molar-refractivity contribution in [1.29, 1.82) is 0 Å². The molecule has 7 nitrogen and oxygen atoms in total. The predicted molar refractivity (Wildman–Crippen MR) is 111 cm³/mol. The van der Waals surface area contributed by atoms with Gasteiger partial charge in [-0.2, -0.15) is 0 Å². The molecule has 1 aliphatic heterocycles. The molecule has 0 saturated carbocycles. The molecular weight excluding hydrogens is 371 g/mol. The van der Waals surface area contributed by atoms with Gasteiger partial charge >= 0.3 is 5.97 Å². The quantitative estimate of drug-likeness (QED) is 0.366. The zero-order valence-corrected chi connectivity index (χ0v) is 16.2. The molecule has 0 aromatic heterocycles. The van der Waals surface area contributed by atoms with Crippen LogP contribution < -0.4 is 20.8 Å². The monoisotopic (exact) mass is 392 g/mol. The first-order valence-corrected chi connectivity index (χ1v) is 9.30. The molecule has 3 N–H and O–H groups in total. The van der Waals surface area contributed by atoms with E-state index in [9.17, 15) is 19.5 Å². The fourth-order valence-corrected chi connectivity index (χ4v) is 3.05. The van der Waals surface area contributed by atoms with Gasteiger partial charge in [-0.25, -0.2) is 4.79 Å². The maximum absolute atomic E-state index is 12.3. The summed E-state index contributed by atoms with van der Waals surface area (Å²) < 4.78 is 5.48. The number of carbonyl (C=O) groups excluding carboxylic acids is 2. The van der Waals surface area contributed by atoms with Crippen molar-refractivity contribution in [2.75, 3.05) is 6.61 Å². The average Bonchev–Trinajstić information content (AvgIpc) is 2.68. The Morgan fingerprint density at radius 2 is 1.97 bits per heavy atom. The number of fused-ring (bicyclic) bond motifs is 1. The minimum Gasteiger partial charge on any atom is -0.493 e. The van der Waals surface area contributed by atoms with Crippen LogP contribution in [0.5, 0.6) is 5.75 Å². The van der Waals surface area contributed by atoms with Crippen LogP contribution in [0.4, 0.5) is 0 Å². The van der Waals surface area contributed by atoms with Crippen LogP contribution in [0.1, 0.15) is 45.2 Å². The van der Waals surface area contributed by atoms with Crippen molar-refractivity contribution < 1.29 is 24.2 Å². The van der Waals surface area contributed by atoms with E-state index in [0.29, 0.717) is 35.6 Å². The van der Waals surface area contributed by atoms with Gasteiger partial charge in [0.2, 0.25) is 0 Å². The van der Waals surface area contributed by atoms with Gasteiger partial charge in [0.15, 0.2) is 0 Å². The van der Waals surface area contributed by atoms with E-state index in [-0.39, 0.29) is 5.56 Å². The Labute approximate surface area is 169 Å². The highest BCUT2D eigenvalue weighted by atomic mass is 16.5. The lowest BCUT2D eigenvalue weighted by Crippen LogP contribution is -2.37. The number of amides is 2. The van der Waals surface area contributed by atoms with E-state index in [0.717, 1.165) is 17.4 Å². The highest BCUT2D eigenvalue weighted by molar-refractivity contribution is 6.35. The minimum atomic E-state index is -1.06. The van der Waals surface area contributed by atoms with Gasteiger partial charge in [0, 0.05) is 23.9 Å². The smallest absolute Gasteiger partial charge is 0.339 e. The highest BCUT2D eigenvalue weighted by Crippen LogP contribution is 2.23. The number of aromatic carboxylic acids is 1. The first kappa shape index (κ1) is 20.2. The fraction of sp³-hybridized carbons (Fsp3) is 0.190.